The molecule has 0 bridgehead atoms. The van der Waals surface area contributed by atoms with Crippen LogP contribution in [0.5, 0.6) is 5.75 Å². The first-order chi connectivity index (χ1) is 7.72. The second kappa shape index (κ2) is 6.67. The number of allylic oxidation sites excluding steroid dienone is 1. The van der Waals surface area contributed by atoms with E-state index in [1.807, 2.05) is 36.4 Å². The Bertz CT molecular complexity index is 352. The molecular formula is C13H16O3. The molecule has 1 aromatic carbocycles. The smallest absolute Gasteiger partial charge is 0.303 e. The number of aliphatic carboxylic acids is 1. The van der Waals surface area contributed by atoms with E-state index in [2.05, 4.69) is 0 Å². The summed E-state index contributed by atoms with van der Waals surface area (Å²) in [7, 11) is 1.64. The standard InChI is InChI=1S/C13H16O3/c1-16-12-9-7-11(8-10-12)5-3-2-4-6-13(14)15/h3,5,7-10H,2,4,6H2,1H3,(H,14,15). The Hall–Kier alpha value is -1.77. The minimum atomic E-state index is -0.738. The summed E-state index contributed by atoms with van der Waals surface area (Å²) < 4.78 is 5.05. The molecule has 0 fully saturated rings. The first-order valence-electron chi connectivity index (χ1n) is 5.25. The van der Waals surface area contributed by atoms with Gasteiger partial charge in [-0.15, -0.1) is 0 Å². The van der Waals surface area contributed by atoms with Gasteiger partial charge < -0.3 is 9.84 Å². The lowest BCUT2D eigenvalue weighted by molar-refractivity contribution is -0.137. The SMILES string of the molecule is COc1ccc(C=CCCCC(=O)O)cc1. The van der Waals surface area contributed by atoms with Crippen LogP contribution in [0.1, 0.15) is 24.8 Å². The number of hydrogen-bond donors (Lipinski definition) is 1. The van der Waals surface area contributed by atoms with Gasteiger partial charge in [-0.2, -0.15) is 0 Å². The normalized spacial score (nSPS) is 10.6. The lowest BCUT2D eigenvalue weighted by atomic mass is 10.1. The van der Waals surface area contributed by atoms with Crippen LogP contribution in [-0.2, 0) is 4.79 Å². The lowest BCUT2D eigenvalue weighted by Crippen LogP contribution is -1.92. The first kappa shape index (κ1) is 12.3. The van der Waals surface area contributed by atoms with Crippen molar-refractivity contribution in [3.63, 3.8) is 0 Å². The number of carbonyl (C=O) groups is 1. The fourth-order valence-electron chi connectivity index (χ4n) is 1.31. The average Bonchev–Trinajstić information content (AvgIpc) is 2.29. The lowest BCUT2D eigenvalue weighted by Gasteiger charge is -1.98. The van der Waals surface area contributed by atoms with Crippen molar-refractivity contribution in [1.82, 2.24) is 0 Å². The van der Waals surface area contributed by atoms with Crippen molar-refractivity contribution in [2.24, 2.45) is 0 Å². The van der Waals surface area contributed by atoms with Gasteiger partial charge in [-0.05, 0) is 30.5 Å². The Morgan fingerprint density at radius 1 is 1.38 bits per heavy atom. The van der Waals surface area contributed by atoms with E-state index in [1.54, 1.807) is 7.11 Å². The number of carboxylic acid groups (broad SMARTS) is 1. The molecule has 3 heteroatoms. The van der Waals surface area contributed by atoms with Crippen LogP contribution < -0.4 is 4.74 Å². The van der Waals surface area contributed by atoms with Gasteiger partial charge in [0.05, 0.1) is 7.11 Å². The van der Waals surface area contributed by atoms with Gasteiger partial charge in [0, 0.05) is 6.42 Å². The van der Waals surface area contributed by atoms with Gasteiger partial charge in [-0.1, -0.05) is 24.3 Å². The molecule has 0 aliphatic carbocycles. The molecule has 0 heterocycles. The molecule has 1 aromatic rings. The number of methoxy groups -OCH3 is 1. The fourth-order valence-corrected chi connectivity index (χ4v) is 1.31. The van der Waals surface area contributed by atoms with Crippen LogP contribution in [0.2, 0.25) is 0 Å². The first-order valence-corrected chi connectivity index (χ1v) is 5.25. The van der Waals surface area contributed by atoms with E-state index in [0.29, 0.717) is 6.42 Å². The molecule has 0 atom stereocenters. The third-order valence-corrected chi connectivity index (χ3v) is 2.19. The molecule has 1 N–H and O–H groups in total. The van der Waals surface area contributed by atoms with Gasteiger partial charge >= 0.3 is 5.97 Å². The van der Waals surface area contributed by atoms with E-state index in [0.717, 1.165) is 17.7 Å². The van der Waals surface area contributed by atoms with Gasteiger partial charge in [0.15, 0.2) is 0 Å². The molecular weight excluding hydrogens is 204 g/mol. The molecule has 3 nitrogen and oxygen atoms in total. The highest BCUT2D eigenvalue weighted by Crippen LogP contribution is 2.12. The largest absolute Gasteiger partial charge is 0.497 e. The van der Waals surface area contributed by atoms with Crippen molar-refractivity contribution >= 4 is 12.0 Å². The molecule has 0 unspecified atom stereocenters. The van der Waals surface area contributed by atoms with Crippen LogP contribution in [0.4, 0.5) is 0 Å². The van der Waals surface area contributed by atoms with Gasteiger partial charge in [0.25, 0.3) is 0 Å². The van der Waals surface area contributed by atoms with Crippen LogP contribution in [-0.4, -0.2) is 18.2 Å². The zero-order valence-corrected chi connectivity index (χ0v) is 9.35. The number of carboxylic acids is 1. The summed E-state index contributed by atoms with van der Waals surface area (Å²) in [6, 6.07) is 7.73. The Morgan fingerprint density at radius 2 is 2.06 bits per heavy atom. The van der Waals surface area contributed by atoms with Crippen molar-refractivity contribution in [2.45, 2.75) is 19.3 Å². The van der Waals surface area contributed by atoms with E-state index in [-0.39, 0.29) is 6.42 Å². The van der Waals surface area contributed by atoms with E-state index in [9.17, 15) is 4.79 Å². The van der Waals surface area contributed by atoms with E-state index in [1.165, 1.54) is 0 Å². The van der Waals surface area contributed by atoms with Crippen LogP contribution in [0, 0.1) is 0 Å². The molecule has 0 saturated carbocycles. The number of ether oxygens (including phenoxy) is 1. The molecule has 16 heavy (non-hydrogen) atoms. The van der Waals surface area contributed by atoms with Crippen molar-refractivity contribution in [3.05, 3.63) is 35.9 Å². The van der Waals surface area contributed by atoms with Crippen molar-refractivity contribution in [2.75, 3.05) is 7.11 Å². The molecule has 0 amide bonds. The van der Waals surface area contributed by atoms with E-state index >= 15 is 0 Å². The maximum Gasteiger partial charge on any atom is 0.303 e. The maximum atomic E-state index is 10.3. The minimum absolute atomic E-state index is 0.229. The number of unbranched alkanes of at least 4 members (excludes halogenated alkanes) is 1. The highest BCUT2D eigenvalue weighted by atomic mass is 16.5. The predicted octanol–water partition coefficient (Wildman–Crippen LogP) is 2.96. The summed E-state index contributed by atoms with van der Waals surface area (Å²) in [5.41, 5.74) is 1.09. The Balaban J connectivity index is 2.35. The molecule has 0 aliphatic rings. The molecule has 0 saturated heterocycles. The Labute approximate surface area is 95.4 Å². The highest BCUT2D eigenvalue weighted by molar-refractivity contribution is 5.66. The van der Waals surface area contributed by atoms with Gasteiger partial charge in [0.1, 0.15) is 5.75 Å². The third-order valence-electron chi connectivity index (χ3n) is 2.19. The summed E-state index contributed by atoms with van der Waals surface area (Å²) in [6.07, 6.45) is 5.68. The van der Waals surface area contributed by atoms with Crippen molar-refractivity contribution in [3.8, 4) is 5.75 Å². The molecule has 0 aromatic heterocycles. The molecule has 86 valence electrons. The zero-order chi connectivity index (χ0) is 11.8. The third kappa shape index (κ3) is 4.64. The van der Waals surface area contributed by atoms with Crippen LogP contribution in [0.15, 0.2) is 30.3 Å². The molecule has 1 rings (SSSR count). The molecule has 0 radical (unpaired) electrons. The minimum Gasteiger partial charge on any atom is -0.497 e. The summed E-state index contributed by atoms with van der Waals surface area (Å²) in [4.78, 5) is 10.3. The quantitative estimate of drug-likeness (QED) is 0.750. The summed E-state index contributed by atoms with van der Waals surface area (Å²) in [5, 5.41) is 8.45. The van der Waals surface area contributed by atoms with Gasteiger partial charge in [0.2, 0.25) is 0 Å². The summed E-state index contributed by atoms with van der Waals surface area (Å²) in [5.74, 6) is 0.0980. The Morgan fingerprint density at radius 3 is 2.62 bits per heavy atom. The van der Waals surface area contributed by atoms with Gasteiger partial charge in [-0.25, -0.2) is 0 Å². The maximum absolute atomic E-state index is 10.3. The number of hydrogen-bond acceptors (Lipinski definition) is 2. The second-order valence-corrected chi connectivity index (χ2v) is 3.46. The topological polar surface area (TPSA) is 46.5 Å². The van der Waals surface area contributed by atoms with Crippen LogP contribution >= 0.6 is 0 Å². The number of benzene rings is 1. The summed E-state index contributed by atoms with van der Waals surface area (Å²) >= 11 is 0. The highest BCUT2D eigenvalue weighted by Gasteiger charge is 1.94. The van der Waals surface area contributed by atoms with Crippen molar-refractivity contribution in [1.29, 1.82) is 0 Å². The van der Waals surface area contributed by atoms with E-state index in [4.69, 9.17) is 9.84 Å². The van der Waals surface area contributed by atoms with Crippen molar-refractivity contribution < 1.29 is 14.6 Å². The van der Waals surface area contributed by atoms with Crippen LogP contribution in [0.25, 0.3) is 6.08 Å². The zero-order valence-electron chi connectivity index (χ0n) is 9.35. The predicted molar refractivity (Wildman–Crippen MR) is 63.5 cm³/mol. The van der Waals surface area contributed by atoms with Crippen LogP contribution in [0.3, 0.4) is 0 Å². The molecule has 0 spiro atoms. The van der Waals surface area contributed by atoms with Gasteiger partial charge in [-0.3, -0.25) is 4.79 Å². The second-order valence-electron chi connectivity index (χ2n) is 3.46. The number of rotatable bonds is 6. The average molecular weight is 220 g/mol. The Kier molecular flexibility index (Phi) is 5.12. The summed E-state index contributed by atoms with van der Waals surface area (Å²) in [6.45, 7) is 0. The monoisotopic (exact) mass is 220 g/mol. The van der Waals surface area contributed by atoms with E-state index < -0.39 is 5.97 Å². The fraction of sp³-hybridized carbons (Fsp3) is 0.308. The molecule has 0 aliphatic heterocycles.